The number of rotatable bonds is 4. The largest absolute Gasteiger partial charge is 0.384 e. The second-order valence-electron chi connectivity index (χ2n) is 4.29. The summed E-state index contributed by atoms with van der Waals surface area (Å²) < 4.78 is 0. The Morgan fingerprint density at radius 1 is 1.12 bits per heavy atom. The summed E-state index contributed by atoms with van der Waals surface area (Å²) in [5.74, 6) is 0. The van der Waals surface area contributed by atoms with E-state index in [1.165, 1.54) is 22.4 Å². The van der Waals surface area contributed by atoms with Gasteiger partial charge >= 0.3 is 0 Å². The summed E-state index contributed by atoms with van der Waals surface area (Å²) in [5, 5.41) is 3.47. The van der Waals surface area contributed by atoms with Crippen molar-refractivity contribution >= 4 is 5.69 Å². The van der Waals surface area contributed by atoms with Gasteiger partial charge in [0.1, 0.15) is 0 Å². The van der Waals surface area contributed by atoms with E-state index in [1.807, 2.05) is 18.5 Å². The van der Waals surface area contributed by atoms with E-state index in [2.05, 4.69) is 48.4 Å². The summed E-state index contributed by atoms with van der Waals surface area (Å²) in [7, 11) is 0. The number of hydrogen-bond donors (Lipinski definition) is 1. The van der Waals surface area contributed by atoms with Crippen molar-refractivity contribution in [3.05, 3.63) is 59.4 Å². The summed E-state index contributed by atoms with van der Waals surface area (Å²) in [5.41, 5.74) is 5.16. The summed E-state index contributed by atoms with van der Waals surface area (Å²) in [6.45, 7) is 5.24. The third kappa shape index (κ3) is 3.06. The highest BCUT2D eigenvalue weighted by molar-refractivity contribution is 5.53. The molecule has 2 aromatic rings. The normalized spacial score (nSPS) is 10.2. The van der Waals surface area contributed by atoms with Crippen LogP contribution in [0.2, 0.25) is 0 Å². The number of pyridine rings is 1. The van der Waals surface area contributed by atoms with Gasteiger partial charge in [-0.25, -0.2) is 0 Å². The standard InChI is InChI=1S/C15H18N2/c1-12-5-3-7-15(13(12)2)17-10-8-14-6-4-9-16-11-14/h3-7,9,11,17H,8,10H2,1-2H3. The van der Waals surface area contributed by atoms with Gasteiger partial charge in [-0.2, -0.15) is 0 Å². The van der Waals surface area contributed by atoms with Gasteiger partial charge in [-0.15, -0.1) is 0 Å². The molecule has 0 atom stereocenters. The zero-order chi connectivity index (χ0) is 12.1. The van der Waals surface area contributed by atoms with E-state index >= 15 is 0 Å². The molecule has 17 heavy (non-hydrogen) atoms. The molecule has 0 bridgehead atoms. The molecule has 0 unspecified atom stereocenters. The van der Waals surface area contributed by atoms with E-state index in [0.717, 1.165) is 13.0 Å². The van der Waals surface area contributed by atoms with Gasteiger partial charge in [0.05, 0.1) is 0 Å². The fraction of sp³-hybridized carbons (Fsp3) is 0.267. The quantitative estimate of drug-likeness (QED) is 0.864. The van der Waals surface area contributed by atoms with E-state index in [9.17, 15) is 0 Å². The first-order valence-electron chi connectivity index (χ1n) is 5.96. The van der Waals surface area contributed by atoms with Gasteiger partial charge in [0.25, 0.3) is 0 Å². The zero-order valence-corrected chi connectivity index (χ0v) is 10.4. The van der Waals surface area contributed by atoms with Crippen LogP contribution in [0.1, 0.15) is 16.7 Å². The average Bonchev–Trinajstić information content (AvgIpc) is 2.36. The molecule has 0 fully saturated rings. The second kappa shape index (κ2) is 5.48. The van der Waals surface area contributed by atoms with Crippen molar-refractivity contribution in [3.8, 4) is 0 Å². The minimum Gasteiger partial charge on any atom is -0.384 e. The molecule has 0 spiro atoms. The van der Waals surface area contributed by atoms with E-state index in [1.54, 1.807) is 0 Å². The monoisotopic (exact) mass is 226 g/mol. The number of nitrogens with one attached hydrogen (secondary N) is 1. The third-order valence-corrected chi connectivity index (χ3v) is 3.06. The van der Waals surface area contributed by atoms with Crippen molar-refractivity contribution in [2.45, 2.75) is 20.3 Å². The minimum absolute atomic E-state index is 0.940. The van der Waals surface area contributed by atoms with Crippen molar-refractivity contribution in [1.82, 2.24) is 4.98 Å². The Morgan fingerprint density at radius 3 is 2.76 bits per heavy atom. The van der Waals surface area contributed by atoms with Gasteiger partial charge in [0, 0.05) is 24.6 Å². The molecule has 2 nitrogen and oxygen atoms in total. The van der Waals surface area contributed by atoms with Crippen LogP contribution in [-0.2, 0) is 6.42 Å². The van der Waals surface area contributed by atoms with Gasteiger partial charge in [0.2, 0.25) is 0 Å². The highest BCUT2D eigenvalue weighted by atomic mass is 14.9. The number of anilines is 1. The molecule has 0 saturated heterocycles. The topological polar surface area (TPSA) is 24.9 Å². The second-order valence-corrected chi connectivity index (χ2v) is 4.29. The molecule has 88 valence electrons. The van der Waals surface area contributed by atoms with Gasteiger partial charge in [-0.1, -0.05) is 18.2 Å². The Morgan fingerprint density at radius 2 is 2.00 bits per heavy atom. The molecule has 1 aromatic heterocycles. The smallest absolute Gasteiger partial charge is 0.0372 e. The molecular weight excluding hydrogens is 208 g/mol. The van der Waals surface area contributed by atoms with Crippen molar-refractivity contribution < 1.29 is 0 Å². The molecule has 1 N–H and O–H groups in total. The first-order chi connectivity index (χ1) is 8.27. The van der Waals surface area contributed by atoms with E-state index in [0.29, 0.717) is 0 Å². The molecule has 0 amide bonds. The lowest BCUT2D eigenvalue weighted by molar-refractivity contribution is 1.00. The summed E-state index contributed by atoms with van der Waals surface area (Å²) >= 11 is 0. The van der Waals surface area contributed by atoms with Gasteiger partial charge < -0.3 is 5.32 Å². The third-order valence-electron chi connectivity index (χ3n) is 3.06. The molecule has 2 heteroatoms. The molecule has 1 heterocycles. The van der Waals surface area contributed by atoms with E-state index in [-0.39, 0.29) is 0 Å². The predicted octanol–water partition coefficient (Wildman–Crippen LogP) is 3.35. The van der Waals surface area contributed by atoms with Crippen LogP contribution in [0, 0.1) is 13.8 Å². The Kier molecular flexibility index (Phi) is 3.76. The van der Waals surface area contributed by atoms with Crippen LogP contribution in [-0.4, -0.2) is 11.5 Å². The van der Waals surface area contributed by atoms with Gasteiger partial charge in [-0.05, 0) is 49.1 Å². The maximum atomic E-state index is 4.11. The van der Waals surface area contributed by atoms with Crippen molar-refractivity contribution in [1.29, 1.82) is 0 Å². The minimum atomic E-state index is 0.940. The molecule has 1 aromatic carbocycles. The van der Waals surface area contributed by atoms with Crippen molar-refractivity contribution in [2.24, 2.45) is 0 Å². The Labute approximate surface area is 103 Å². The molecule has 0 aliphatic heterocycles. The maximum Gasteiger partial charge on any atom is 0.0372 e. The summed E-state index contributed by atoms with van der Waals surface area (Å²) in [6, 6.07) is 10.5. The van der Waals surface area contributed by atoms with Crippen LogP contribution in [0.3, 0.4) is 0 Å². The van der Waals surface area contributed by atoms with Crippen LogP contribution in [0.25, 0.3) is 0 Å². The van der Waals surface area contributed by atoms with Crippen LogP contribution in [0.4, 0.5) is 5.69 Å². The Hall–Kier alpha value is -1.83. The SMILES string of the molecule is Cc1cccc(NCCc2cccnc2)c1C. The lowest BCUT2D eigenvalue weighted by Crippen LogP contribution is -2.06. The Bertz CT molecular complexity index is 478. The average molecular weight is 226 g/mol. The molecular formula is C15H18N2. The molecule has 2 rings (SSSR count). The van der Waals surface area contributed by atoms with Crippen LogP contribution >= 0.6 is 0 Å². The fourth-order valence-corrected chi connectivity index (χ4v) is 1.83. The summed E-state index contributed by atoms with van der Waals surface area (Å²) in [6.07, 6.45) is 4.73. The lowest BCUT2D eigenvalue weighted by Gasteiger charge is -2.11. The number of aromatic nitrogens is 1. The molecule has 0 aliphatic rings. The first kappa shape index (κ1) is 11.6. The highest BCUT2D eigenvalue weighted by Crippen LogP contribution is 2.17. The van der Waals surface area contributed by atoms with Crippen LogP contribution < -0.4 is 5.32 Å². The number of hydrogen-bond acceptors (Lipinski definition) is 2. The lowest BCUT2D eigenvalue weighted by atomic mass is 10.1. The van der Waals surface area contributed by atoms with E-state index in [4.69, 9.17) is 0 Å². The van der Waals surface area contributed by atoms with Crippen molar-refractivity contribution in [2.75, 3.05) is 11.9 Å². The van der Waals surface area contributed by atoms with Crippen molar-refractivity contribution in [3.63, 3.8) is 0 Å². The molecule has 0 radical (unpaired) electrons. The Balaban J connectivity index is 1.93. The summed E-state index contributed by atoms with van der Waals surface area (Å²) in [4.78, 5) is 4.11. The fourth-order valence-electron chi connectivity index (χ4n) is 1.83. The van der Waals surface area contributed by atoms with E-state index < -0.39 is 0 Å². The van der Waals surface area contributed by atoms with Crippen LogP contribution in [0.15, 0.2) is 42.7 Å². The van der Waals surface area contributed by atoms with Crippen LogP contribution in [0.5, 0.6) is 0 Å². The van der Waals surface area contributed by atoms with Gasteiger partial charge in [0.15, 0.2) is 0 Å². The first-order valence-corrected chi connectivity index (χ1v) is 5.96. The number of benzene rings is 1. The predicted molar refractivity (Wildman–Crippen MR) is 72.3 cm³/mol. The molecule has 0 saturated carbocycles. The van der Waals surface area contributed by atoms with Gasteiger partial charge in [-0.3, -0.25) is 4.98 Å². The number of nitrogens with zero attached hydrogens (tertiary/aromatic N) is 1. The number of aryl methyl sites for hydroxylation is 1. The highest BCUT2D eigenvalue weighted by Gasteiger charge is 1.99. The molecule has 0 aliphatic carbocycles. The zero-order valence-electron chi connectivity index (χ0n) is 10.4. The maximum absolute atomic E-state index is 4.11.